The second-order valence-corrected chi connectivity index (χ2v) is 4.24. The number of Topliss-reactive ketones (excluding diaryl/α,β-unsaturated/α-hetero) is 1. The van der Waals surface area contributed by atoms with E-state index in [-0.39, 0.29) is 17.9 Å². The van der Waals surface area contributed by atoms with E-state index < -0.39 is 0 Å². The fraction of sp³-hybridized carbons (Fsp3) is 0.818. The molecule has 1 heterocycles. The van der Waals surface area contributed by atoms with Gasteiger partial charge in [-0.2, -0.15) is 0 Å². The first-order chi connectivity index (χ1) is 7.04. The molecule has 1 fully saturated rings. The molecule has 4 heteroatoms. The normalized spacial score (nSPS) is 27.8. The quantitative estimate of drug-likeness (QED) is 0.652. The minimum atomic E-state index is -0.188. The molecule has 0 bridgehead atoms. The molecule has 0 aromatic carbocycles. The zero-order chi connectivity index (χ0) is 11.4. The molecule has 0 aromatic rings. The van der Waals surface area contributed by atoms with Crippen LogP contribution in [0.2, 0.25) is 0 Å². The highest BCUT2D eigenvalue weighted by molar-refractivity contribution is 5.82. The summed E-state index contributed by atoms with van der Waals surface area (Å²) in [5.74, 6) is 0.238. The van der Waals surface area contributed by atoms with Crippen molar-refractivity contribution in [1.82, 2.24) is 4.90 Å². The van der Waals surface area contributed by atoms with E-state index >= 15 is 0 Å². The first-order valence-corrected chi connectivity index (χ1v) is 5.38. The van der Waals surface area contributed by atoms with Crippen molar-refractivity contribution in [1.29, 1.82) is 0 Å². The third kappa shape index (κ3) is 3.30. The summed E-state index contributed by atoms with van der Waals surface area (Å²) in [6.07, 6.45) is 1.00. The van der Waals surface area contributed by atoms with Gasteiger partial charge in [0.15, 0.2) is 0 Å². The van der Waals surface area contributed by atoms with E-state index in [9.17, 15) is 9.59 Å². The van der Waals surface area contributed by atoms with Crippen LogP contribution in [0.5, 0.6) is 0 Å². The average Bonchev–Trinajstić information content (AvgIpc) is 2.21. The van der Waals surface area contributed by atoms with E-state index in [0.717, 1.165) is 6.54 Å². The van der Waals surface area contributed by atoms with Crippen LogP contribution in [-0.4, -0.2) is 42.9 Å². The number of rotatable bonds is 3. The maximum absolute atomic E-state index is 11.4. The lowest BCUT2D eigenvalue weighted by atomic mass is 9.93. The van der Waals surface area contributed by atoms with Crippen molar-refractivity contribution in [3.05, 3.63) is 0 Å². The molecule has 86 valence electrons. The van der Waals surface area contributed by atoms with Gasteiger partial charge in [0, 0.05) is 31.5 Å². The van der Waals surface area contributed by atoms with E-state index in [0.29, 0.717) is 25.2 Å². The van der Waals surface area contributed by atoms with Crippen LogP contribution >= 0.6 is 0 Å². The van der Waals surface area contributed by atoms with Gasteiger partial charge in [0.1, 0.15) is 5.78 Å². The number of hydrogen-bond donors (Lipinski definition) is 0. The third-order valence-electron chi connectivity index (χ3n) is 3.01. The van der Waals surface area contributed by atoms with Gasteiger partial charge in [0.2, 0.25) is 0 Å². The fourth-order valence-corrected chi connectivity index (χ4v) is 1.90. The van der Waals surface area contributed by atoms with E-state index in [2.05, 4.69) is 9.64 Å². The standard InChI is InChI=1S/C11H19NO3/c1-8-7-12(5-4-11(14)15-3)9(2)6-10(8)13/h8-9H,4-7H2,1-3H3. The van der Waals surface area contributed by atoms with Crippen LogP contribution in [0.1, 0.15) is 26.7 Å². The second kappa shape index (κ2) is 5.26. The summed E-state index contributed by atoms with van der Waals surface area (Å²) in [6.45, 7) is 5.42. The van der Waals surface area contributed by atoms with Crippen LogP contribution in [0.3, 0.4) is 0 Å². The summed E-state index contributed by atoms with van der Waals surface area (Å²) in [7, 11) is 1.40. The molecule has 1 aliphatic rings. The van der Waals surface area contributed by atoms with Gasteiger partial charge < -0.3 is 4.74 Å². The van der Waals surface area contributed by atoms with Gasteiger partial charge in [-0.1, -0.05) is 6.92 Å². The van der Waals surface area contributed by atoms with Gasteiger partial charge in [0.25, 0.3) is 0 Å². The van der Waals surface area contributed by atoms with Gasteiger partial charge >= 0.3 is 5.97 Å². The summed E-state index contributed by atoms with van der Waals surface area (Å²) in [5.41, 5.74) is 0. The van der Waals surface area contributed by atoms with Crippen molar-refractivity contribution in [3.8, 4) is 0 Å². The summed E-state index contributed by atoms with van der Waals surface area (Å²) in [4.78, 5) is 24.6. The summed E-state index contributed by atoms with van der Waals surface area (Å²) in [6, 6.07) is 0.248. The Morgan fingerprint density at radius 1 is 1.53 bits per heavy atom. The van der Waals surface area contributed by atoms with Gasteiger partial charge in [0.05, 0.1) is 13.5 Å². The summed E-state index contributed by atoms with van der Waals surface area (Å²) < 4.78 is 4.59. The van der Waals surface area contributed by atoms with Crippen molar-refractivity contribution < 1.29 is 14.3 Å². The maximum atomic E-state index is 11.4. The maximum Gasteiger partial charge on any atom is 0.306 e. The Labute approximate surface area is 90.6 Å². The van der Waals surface area contributed by atoms with Crippen LogP contribution in [0.25, 0.3) is 0 Å². The number of ether oxygens (including phenoxy) is 1. The van der Waals surface area contributed by atoms with Crippen LogP contribution in [0.4, 0.5) is 0 Å². The first-order valence-electron chi connectivity index (χ1n) is 5.38. The van der Waals surface area contributed by atoms with E-state index in [1.165, 1.54) is 7.11 Å². The van der Waals surface area contributed by atoms with Crippen LogP contribution in [-0.2, 0) is 14.3 Å². The lowest BCUT2D eigenvalue weighted by Gasteiger charge is -2.35. The molecule has 0 aromatic heterocycles. The highest BCUT2D eigenvalue weighted by Crippen LogP contribution is 2.18. The molecule has 2 unspecified atom stereocenters. The molecule has 0 spiro atoms. The van der Waals surface area contributed by atoms with E-state index in [4.69, 9.17) is 0 Å². The Balaban J connectivity index is 2.41. The fourth-order valence-electron chi connectivity index (χ4n) is 1.90. The molecule has 0 aliphatic carbocycles. The molecule has 0 radical (unpaired) electrons. The molecule has 0 amide bonds. The number of ketones is 1. The number of esters is 1. The number of carbonyl (C=O) groups is 2. The Bertz CT molecular complexity index is 252. The topological polar surface area (TPSA) is 46.6 Å². The minimum Gasteiger partial charge on any atom is -0.469 e. The zero-order valence-corrected chi connectivity index (χ0v) is 9.66. The number of methoxy groups -OCH3 is 1. The Morgan fingerprint density at radius 3 is 2.80 bits per heavy atom. The van der Waals surface area contributed by atoms with Crippen LogP contribution in [0.15, 0.2) is 0 Å². The van der Waals surface area contributed by atoms with Crippen LogP contribution < -0.4 is 0 Å². The molecule has 1 rings (SSSR count). The minimum absolute atomic E-state index is 0.0962. The van der Waals surface area contributed by atoms with Crippen LogP contribution in [0, 0.1) is 5.92 Å². The highest BCUT2D eigenvalue weighted by Gasteiger charge is 2.28. The number of hydrogen-bond acceptors (Lipinski definition) is 4. The predicted octanol–water partition coefficient (Wildman–Crippen LogP) is 0.849. The number of carbonyl (C=O) groups excluding carboxylic acids is 2. The monoisotopic (exact) mass is 213 g/mol. The average molecular weight is 213 g/mol. The third-order valence-corrected chi connectivity index (χ3v) is 3.01. The summed E-state index contributed by atoms with van der Waals surface area (Å²) >= 11 is 0. The van der Waals surface area contributed by atoms with Crippen molar-refractivity contribution >= 4 is 11.8 Å². The molecule has 1 saturated heterocycles. The highest BCUT2D eigenvalue weighted by atomic mass is 16.5. The van der Waals surface area contributed by atoms with Crippen molar-refractivity contribution in [3.63, 3.8) is 0 Å². The second-order valence-electron chi connectivity index (χ2n) is 4.24. The molecular weight excluding hydrogens is 194 g/mol. The van der Waals surface area contributed by atoms with E-state index in [1.807, 2.05) is 13.8 Å². The van der Waals surface area contributed by atoms with E-state index in [1.54, 1.807) is 0 Å². The number of nitrogens with zero attached hydrogens (tertiary/aromatic N) is 1. The van der Waals surface area contributed by atoms with Gasteiger partial charge in [-0.25, -0.2) is 0 Å². The molecule has 2 atom stereocenters. The van der Waals surface area contributed by atoms with Crippen molar-refractivity contribution in [2.45, 2.75) is 32.7 Å². The Morgan fingerprint density at radius 2 is 2.20 bits per heavy atom. The Hall–Kier alpha value is -0.900. The summed E-state index contributed by atoms with van der Waals surface area (Å²) in [5, 5.41) is 0. The zero-order valence-electron chi connectivity index (χ0n) is 9.66. The molecule has 1 aliphatic heterocycles. The predicted molar refractivity (Wildman–Crippen MR) is 56.5 cm³/mol. The smallest absolute Gasteiger partial charge is 0.306 e. The lowest BCUT2D eigenvalue weighted by molar-refractivity contribution is -0.141. The number of likely N-dealkylation sites (tertiary alicyclic amines) is 1. The molecule has 15 heavy (non-hydrogen) atoms. The molecule has 0 N–H and O–H groups in total. The lowest BCUT2D eigenvalue weighted by Crippen LogP contribution is -2.46. The van der Waals surface area contributed by atoms with Crippen molar-refractivity contribution in [2.24, 2.45) is 5.92 Å². The van der Waals surface area contributed by atoms with Gasteiger partial charge in [-0.15, -0.1) is 0 Å². The molecule has 4 nitrogen and oxygen atoms in total. The Kier molecular flexibility index (Phi) is 4.27. The molecule has 0 saturated carbocycles. The van der Waals surface area contributed by atoms with Crippen molar-refractivity contribution in [2.75, 3.05) is 20.2 Å². The van der Waals surface area contributed by atoms with Gasteiger partial charge in [-0.05, 0) is 6.92 Å². The molecular formula is C11H19NO3. The SMILES string of the molecule is COC(=O)CCN1CC(C)C(=O)CC1C. The largest absolute Gasteiger partial charge is 0.469 e. The number of piperidine rings is 1. The first kappa shape index (κ1) is 12.2. The van der Waals surface area contributed by atoms with Gasteiger partial charge in [-0.3, -0.25) is 14.5 Å².